The zero-order valence-electron chi connectivity index (χ0n) is 20.8. The monoisotopic (exact) mass is 543 g/mol. The number of hydrogen-bond acceptors (Lipinski definition) is 9. The number of carboxylic acids is 2. The molecule has 0 saturated carbocycles. The average molecular weight is 544 g/mol. The van der Waals surface area contributed by atoms with E-state index < -0.39 is 53.8 Å². The van der Waals surface area contributed by atoms with E-state index in [1.54, 1.807) is 0 Å². The lowest BCUT2D eigenvalue weighted by atomic mass is 10.1. The highest BCUT2D eigenvalue weighted by Crippen LogP contribution is 2.07. The first-order valence-corrected chi connectivity index (χ1v) is 13.3. The van der Waals surface area contributed by atoms with Crippen molar-refractivity contribution in [2.45, 2.75) is 69.1 Å². The number of carboxylic acid groups (broad SMARTS) is 2. The Morgan fingerprint density at radius 1 is 0.973 bits per heavy atom. The van der Waals surface area contributed by atoms with Crippen LogP contribution in [-0.4, -0.2) is 92.6 Å². The van der Waals surface area contributed by atoms with E-state index in [4.69, 9.17) is 16.6 Å². The number of carbonyl (C=O) groups excluding carboxylic acids is 3. The number of hydrogen-bond donors (Lipinski definition) is 8. The molecule has 1 aromatic heterocycles. The first-order chi connectivity index (χ1) is 17.6. The second kappa shape index (κ2) is 17.3. The van der Waals surface area contributed by atoms with Crippen LogP contribution in [0.15, 0.2) is 12.5 Å². The third-order valence-electron chi connectivity index (χ3n) is 5.42. The van der Waals surface area contributed by atoms with Crippen molar-refractivity contribution in [3.8, 4) is 0 Å². The molecule has 0 saturated heterocycles. The number of thioether (sulfide) groups is 1. The minimum Gasteiger partial charge on any atom is -0.481 e. The molecule has 1 heterocycles. The number of nitrogens with one attached hydrogen (secondary N) is 4. The molecule has 0 aromatic carbocycles. The average Bonchev–Trinajstić information content (AvgIpc) is 3.36. The van der Waals surface area contributed by atoms with Crippen molar-refractivity contribution in [3.63, 3.8) is 0 Å². The molecular weight excluding hydrogens is 506 g/mol. The summed E-state index contributed by atoms with van der Waals surface area (Å²) in [6.45, 7) is 0.381. The number of amides is 3. The molecule has 1 aromatic rings. The van der Waals surface area contributed by atoms with Gasteiger partial charge < -0.3 is 42.6 Å². The van der Waals surface area contributed by atoms with Crippen molar-refractivity contribution in [2.24, 2.45) is 11.5 Å². The van der Waals surface area contributed by atoms with Gasteiger partial charge >= 0.3 is 11.9 Å². The summed E-state index contributed by atoms with van der Waals surface area (Å²) in [5.74, 6) is -3.86. The van der Waals surface area contributed by atoms with Gasteiger partial charge in [-0.1, -0.05) is 0 Å². The molecule has 208 valence electrons. The summed E-state index contributed by atoms with van der Waals surface area (Å²) in [6.07, 6.45) is 5.75. The molecule has 0 aliphatic rings. The smallest absolute Gasteiger partial charge is 0.326 e. The maximum absolute atomic E-state index is 13.1. The number of nitrogens with zero attached hydrogens (tertiary/aromatic N) is 1. The van der Waals surface area contributed by atoms with Crippen LogP contribution in [0.2, 0.25) is 0 Å². The van der Waals surface area contributed by atoms with Crippen LogP contribution < -0.4 is 27.4 Å². The van der Waals surface area contributed by atoms with Gasteiger partial charge in [0.1, 0.15) is 18.1 Å². The largest absolute Gasteiger partial charge is 0.481 e. The zero-order valence-corrected chi connectivity index (χ0v) is 21.6. The number of imidazole rings is 1. The molecule has 0 aliphatic heterocycles. The number of unbranched alkanes of at least 4 members (excludes halogenated alkanes) is 1. The Morgan fingerprint density at radius 3 is 2.14 bits per heavy atom. The number of aromatic nitrogens is 2. The first-order valence-electron chi connectivity index (χ1n) is 11.9. The predicted octanol–water partition coefficient (Wildman–Crippen LogP) is -1.43. The van der Waals surface area contributed by atoms with E-state index in [2.05, 4.69) is 25.9 Å². The molecule has 0 aliphatic carbocycles. The summed E-state index contributed by atoms with van der Waals surface area (Å²) in [6, 6.07) is -4.48. The quantitative estimate of drug-likeness (QED) is 0.0939. The van der Waals surface area contributed by atoms with E-state index in [0.29, 0.717) is 30.8 Å². The van der Waals surface area contributed by atoms with Gasteiger partial charge in [-0.15, -0.1) is 0 Å². The Hall–Kier alpha value is -3.17. The van der Waals surface area contributed by atoms with Gasteiger partial charge in [-0.25, -0.2) is 9.78 Å². The molecule has 10 N–H and O–H groups in total. The summed E-state index contributed by atoms with van der Waals surface area (Å²) in [4.78, 5) is 67.7. The van der Waals surface area contributed by atoms with Crippen molar-refractivity contribution >= 4 is 41.4 Å². The molecule has 1 rings (SSSR count). The first kappa shape index (κ1) is 31.9. The lowest BCUT2D eigenvalue weighted by molar-refractivity contribution is -0.142. The fourth-order valence-corrected chi connectivity index (χ4v) is 3.79. The summed E-state index contributed by atoms with van der Waals surface area (Å²) in [7, 11) is 0. The van der Waals surface area contributed by atoms with E-state index in [-0.39, 0.29) is 32.1 Å². The molecular formula is C22H37N7O7S. The highest BCUT2D eigenvalue weighted by molar-refractivity contribution is 7.98. The Bertz CT molecular complexity index is 885. The molecule has 4 unspecified atom stereocenters. The van der Waals surface area contributed by atoms with E-state index in [1.807, 2.05) is 6.26 Å². The molecule has 0 spiro atoms. The zero-order chi connectivity index (χ0) is 27.8. The van der Waals surface area contributed by atoms with Gasteiger partial charge in [0, 0.05) is 24.7 Å². The Balaban J connectivity index is 2.94. The lowest BCUT2D eigenvalue weighted by Gasteiger charge is -2.25. The summed E-state index contributed by atoms with van der Waals surface area (Å²) >= 11 is 1.44. The van der Waals surface area contributed by atoms with Crippen molar-refractivity contribution in [3.05, 3.63) is 18.2 Å². The molecule has 3 amide bonds. The van der Waals surface area contributed by atoms with Crippen LogP contribution >= 0.6 is 11.8 Å². The third kappa shape index (κ3) is 12.6. The van der Waals surface area contributed by atoms with Crippen LogP contribution in [0.5, 0.6) is 0 Å². The van der Waals surface area contributed by atoms with Crippen LogP contribution in [0, 0.1) is 0 Å². The minimum absolute atomic E-state index is 0.0315. The van der Waals surface area contributed by atoms with Crippen molar-refractivity contribution in [2.75, 3.05) is 18.6 Å². The molecule has 15 heteroatoms. The van der Waals surface area contributed by atoms with Gasteiger partial charge in [0.15, 0.2) is 0 Å². The molecule has 0 radical (unpaired) electrons. The van der Waals surface area contributed by atoms with E-state index >= 15 is 0 Å². The minimum atomic E-state index is -1.26. The number of nitrogens with two attached hydrogens (primary N) is 2. The SMILES string of the molecule is CSCCC(NC(=O)C(CCCCN)NC(=O)C(N)CCC(=O)O)C(=O)NC(Cc1cnc[nH]1)C(=O)O. The van der Waals surface area contributed by atoms with Gasteiger partial charge in [-0.2, -0.15) is 11.8 Å². The predicted molar refractivity (Wildman–Crippen MR) is 136 cm³/mol. The number of rotatable bonds is 19. The van der Waals surface area contributed by atoms with Gasteiger partial charge in [-0.05, 0) is 50.7 Å². The van der Waals surface area contributed by atoms with Crippen LogP contribution in [0.4, 0.5) is 0 Å². The fraction of sp³-hybridized carbons (Fsp3) is 0.636. The fourth-order valence-electron chi connectivity index (χ4n) is 3.32. The summed E-state index contributed by atoms with van der Waals surface area (Å²) in [5, 5.41) is 26.0. The second-order valence-corrected chi connectivity index (χ2v) is 9.39. The van der Waals surface area contributed by atoms with Crippen LogP contribution in [0.25, 0.3) is 0 Å². The normalized spacial score (nSPS) is 14.1. The highest BCUT2D eigenvalue weighted by atomic mass is 32.2. The van der Waals surface area contributed by atoms with E-state index in [9.17, 15) is 29.1 Å². The van der Waals surface area contributed by atoms with Crippen LogP contribution in [0.3, 0.4) is 0 Å². The Labute approximate surface area is 219 Å². The standard InChI is InChI=1S/C22H37N7O7S/c1-37-9-7-16(21(34)29-17(22(35)36)10-13-11-25-12-26-13)28-20(33)15(4-2-3-8-23)27-19(32)14(24)5-6-18(30)31/h11-12,14-17H,2-10,23-24H2,1H3,(H,25,26)(H,27,32)(H,28,33)(H,29,34)(H,30,31)(H,35,36). The number of aromatic amines is 1. The highest BCUT2D eigenvalue weighted by Gasteiger charge is 2.30. The van der Waals surface area contributed by atoms with Crippen molar-refractivity contribution in [1.29, 1.82) is 0 Å². The topological polar surface area (TPSA) is 243 Å². The Morgan fingerprint density at radius 2 is 1.59 bits per heavy atom. The van der Waals surface area contributed by atoms with Crippen molar-refractivity contribution < 1.29 is 34.2 Å². The summed E-state index contributed by atoms with van der Waals surface area (Å²) in [5.41, 5.74) is 11.8. The number of H-pyrrole nitrogens is 1. The van der Waals surface area contributed by atoms with Gasteiger partial charge in [0.2, 0.25) is 17.7 Å². The maximum Gasteiger partial charge on any atom is 0.326 e. The molecule has 37 heavy (non-hydrogen) atoms. The molecule has 14 nitrogen and oxygen atoms in total. The van der Waals surface area contributed by atoms with E-state index in [1.165, 1.54) is 24.3 Å². The number of carbonyl (C=O) groups is 5. The third-order valence-corrected chi connectivity index (χ3v) is 6.07. The summed E-state index contributed by atoms with van der Waals surface area (Å²) < 4.78 is 0. The van der Waals surface area contributed by atoms with Gasteiger partial charge in [0.25, 0.3) is 0 Å². The molecule has 4 atom stereocenters. The van der Waals surface area contributed by atoms with Crippen LogP contribution in [0.1, 0.15) is 44.2 Å². The van der Waals surface area contributed by atoms with Crippen LogP contribution in [-0.2, 0) is 30.4 Å². The molecule has 0 bridgehead atoms. The Kier molecular flexibility index (Phi) is 14.9. The van der Waals surface area contributed by atoms with Gasteiger partial charge in [0.05, 0.1) is 12.4 Å². The molecule has 0 fully saturated rings. The second-order valence-electron chi connectivity index (χ2n) is 8.41. The lowest BCUT2D eigenvalue weighted by Crippen LogP contribution is -2.57. The maximum atomic E-state index is 13.1. The van der Waals surface area contributed by atoms with Gasteiger partial charge in [-0.3, -0.25) is 19.2 Å². The van der Waals surface area contributed by atoms with E-state index in [0.717, 1.165) is 0 Å². The number of aliphatic carboxylic acids is 2. The van der Waals surface area contributed by atoms with Crippen molar-refractivity contribution in [1.82, 2.24) is 25.9 Å².